The Morgan fingerprint density at radius 1 is 1.21 bits per heavy atom. The molecule has 2 nitrogen and oxygen atoms in total. The molecule has 2 rings (SSSR count). The quantitative estimate of drug-likeness (QED) is 0.895. The molecule has 0 amide bonds. The molecule has 4 heteroatoms. The second-order valence-electron chi connectivity index (χ2n) is 4.29. The van der Waals surface area contributed by atoms with Crippen molar-refractivity contribution in [3.8, 4) is 5.75 Å². The van der Waals surface area contributed by atoms with Crippen LogP contribution in [0.15, 0.2) is 36.4 Å². The Balaban J connectivity index is 2.18. The summed E-state index contributed by atoms with van der Waals surface area (Å²) in [6, 6.07) is 10.2. The van der Waals surface area contributed by atoms with Crippen molar-refractivity contribution in [1.29, 1.82) is 0 Å². The number of methoxy groups -OCH3 is 1. The van der Waals surface area contributed by atoms with Crippen LogP contribution in [0.3, 0.4) is 0 Å². The van der Waals surface area contributed by atoms with Crippen LogP contribution in [-0.2, 0) is 6.54 Å². The van der Waals surface area contributed by atoms with Crippen LogP contribution in [0.4, 0.5) is 10.1 Å². The molecule has 0 heterocycles. The van der Waals surface area contributed by atoms with Gasteiger partial charge in [-0.2, -0.15) is 0 Å². The molecule has 0 radical (unpaired) electrons. The molecule has 1 N–H and O–H groups in total. The van der Waals surface area contributed by atoms with E-state index < -0.39 is 0 Å². The Morgan fingerprint density at radius 2 is 2.00 bits per heavy atom. The van der Waals surface area contributed by atoms with E-state index in [1.165, 1.54) is 18.2 Å². The predicted molar refractivity (Wildman–Crippen MR) is 76.5 cm³/mol. The fraction of sp³-hybridized carbons (Fsp3) is 0.200. The summed E-state index contributed by atoms with van der Waals surface area (Å²) in [5, 5.41) is 3.61. The maximum atomic E-state index is 13.2. The number of hydrogen-bond acceptors (Lipinski definition) is 2. The highest BCUT2D eigenvalue weighted by Crippen LogP contribution is 2.25. The zero-order valence-electron chi connectivity index (χ0n) is 10.8. The first kappa shape index (κ1) is 13.7. The Kier molecular flexibility index (Phi) is 4.27. The van der Waals surface area contributed by atoms with Gasteiger partial charge in [-0.1, -0.05) is 29.3 Å². The van der Waals surface area contributed by atoms with E-state index in [4.69, 9.17) is 16.3 Å². The van der Waals surface area contributed by atoms with Crippen LogP contribution in [0.5, 0.6) is 5.75 Å². The SMILES string of the molecule is COc1ccc(C)cc1CNc1cc(F)ccc1Cl. The van der Waals surface area contributed by atoms with Gasteiger partial charge in [0.15, 0.2) is 0 Å². The van der Waals surface area contributed by atoms with Crippen LogP contribution in [0.1, 0.15) is 11.1 Å². The largest absolute Gasteiger partial charge is 0.496 e. The Hall–Kier alpha value is -1.74. The summed E-state index contributed by atoms with van der Waals surface area (Å²) < 4.78 is 18.5. The number of rotatable bonds is 4. The number of hydrogen-bond donors (Lipinski definition) is 1. The van der Waals surface area contributed by atoms with Gasteiger partial charge in [0.05, 0.1) is 17.8 Å². The van der Waals surface area contributed by atoms with E-state index in [1.54, 1.807) is 7.11 Å². The highest BCUT2D eigenvalue weighted by molar-refractivity contribution is 6.33. The molecule has 0 aromatic heterocycles. The van der Waals surface area contributed by atoms with E-state index in [-0.39, 0.29) is 5.82 Å². The Morgan fingerprint density at radius 3 is 2.74 bits per heavy atom. The van der Waals surface area contributed by atoms with Gasteiger partial charge in [-0.3, -0.25) is 0 Å². The van der Waals surface area contributed by atoms with Gasteiger partial charge in [0.1, 0.15) is 11.6 Å². The first-order valence-electron chi connectivity index (χ1n) is 5.92. The van der Waals surface area contributed by atoms with Crippen molar-refractivity contribution in [3.63, 3.8) is 0 Å². The van der Waals surface area contributed by atoms with Gasteiger partial charge in [0, 0.05) is 12.1 Å². The van der Waals surface area contributed by atoms with E-state index >= 15 is 0 Å². The van der Waals surface area contributed by atoms with Crippen molar-refractivity contribution >= 4 is 17.3 Å². The average Bonchev–Trinajstić information content (AvgIpc) is 2.40. The molecule has 0 aliphatic heterocycles. The number of anilines is 1. The second kappa shape index (κ2) is 5.93. The van der Waals surface area contributed by atoms with Crippen molar-refractivity contribution in [2.24, 2.45) is 0 Å². The second-order valence-corrected chi connectivity index (χ2v) is 4.70. The number of aryl methyl sites for hydroxylation is 1. The van der Waals surface area contributed by atoms with Crippen molar-refractivity contribution in [2.75, 3.05) is 12.4 Å². The van der Waals surface area contributed by atoms with Gasteiger partial charge >= 0.3 is 0 Å². The zero-order chi connectivity index (χ0) is 13.8. The molecule has 0 fully saturated rings. The van der Waals surface area contributed by atoms with Gasteiger partial charge < -0.3 is 10.1 Å². The summed E-state index contributed by atoms with van der Waals surface area (Å²) in [6.07, 6.45) is 0. The Labute approximate surface area is 117 Å². The molecule has 0 aliphatic rings. The first-order valence-corrected chi connectivity index (χ1v) is 6.30. The molecular formula is C15H15ClFNO. The van der Waals surface area contributed by atoms with Crippen LogP contribution in [-0.4, -0.2) is 7.11 Å². The minimum Gasteiger partial charge on any atom is -0.496 e. The lowest BCUT2D eigenvalue weighted by molar-refractivity contribution is 0.410. The highest BCUT2D eigenvalue weighted by atomic mass is 35.5. The lowest BCUT2D eigenvalue weighted by Gasteiger charge is -2.12. The summed E-state index contributed by atoms with van der Waals surface area (Å²) in [5.41, 5.74) is 2.72. The summed E-state index contributed by atoms with van der Waals surface area (Å²) in [6.45, 7) is 2.53. The molecule has 0 saturated heterocycles. The zero-order valence-corrected chi connectivity index (χ0v) is 11.6. The molecule has 0 saturated carbocycles. The van der Waals surface area contributed by atoms with E-state index in [2.05, 4.69) is 5.32 Å². The van der Waals surface area contributed by atoms with Crippen molar-refractivity contribution in [3.05, 3.63) is 58.4 Å². The Bertz CT molecular complexity index is 586. The van der Waals surface area contributed by atoms with E-state index in [0.717, 1.165) is 16.9 Å². The molecule has 2 aromatic carbocycles. The fourth-order valence-electron chi connectivity index (χ4n) is 1.87. The predicted octanol–water partition coefficient (Wildman–Crippen LogP) is 4.41. The summed E-state index contributed by atoms with van der Waals surface area (Å²) in [5.74, 6) is 0.480. The molecule has 0 aliphatic carbocycles. The van der Waals surface area contributed by atoms with Gasteiger partial charge in [0.2, 0.25) is 0 Å². The lowest BCUT2D eigenvalue weighted by atomic mass is 10.1. The summed E-state index contributed by atoms with van der Waals surface area (Å²) in [4.78, 5) is 0. The minimum absolute atomic E-state index is 0.317. The van der Waals surface area contributed by atoms with Crippen molar-refractivity contribution in [2.45, 2.75) is 13.5 Å². The number of halogens is 2. The first-order chi connectivity index (χ1) is 9.10. The smallest absolute Gasteiger partial charge is 0.125 e. The number of nitrogens with one attached hydrogen (secondary N) is 1. The lowest BCUT2D eigenvalue weighted by Crippen LogP contribution is -2.03. The highest BCUT2D eigenvalue weighted by Gasteiger charge is 2.05. The van der Waals surface area contributed by atoms with Crippen LogP contribution >= 0.6 is 11.6 Å². The number of benzene rings is 2. The molecule has 0 spiro atoms. The normalized spacial score (nSPS) is 10.3. The molecule has 2 aromatic rings. The van der Waals surface area contributed by atoms with E-state index in [0.29, 0.717) is 17.3 Å². The van der Waals surface area contributed by atoms with Crippen molar-refractivity contribution < 1.29 is 9.13 Å². The van der Waals surface area contributed by atoms with Crippen molar-refractivity contribution in [1.82, 2.24) is 0 Å². The van der Waals surface area contributed by atoms with Crippen LogP contribution < -0.4 is 10.1 Å². The topological polar surface area (TPSA) is 21.3 Å². The summed E-state index contributed by atoms with van der Waals surface area (Å²) in [7, 11) is 1.63. The molecule has 0 atom stereocenters. The molecule has 0 unspecified atom stereocenters. The molecule has 19 heavy (non-hydrogen) atoms. The van der Waals surface area contributed by atoms with E-state index in [9.17, 15) is 4.39 Å². The van der Waals surface area contributed by atoms with Gasteiger partial charge in [-0.25, -0.2) is 4.39 Å². The van der Waals surface area contributed by atoms with Gasteiger partial charge in [-0.15, -0.1) is 0 Å². The van der Waals surface area contributed by atoms with Crippen LogP contribution in [0, 0.1) is 12.7 Å². The average molecular weight is 280 g/mol. The third-order valence-electron chi connectivity index (χ3n) is 2.83. The third kappa shape index (κ3) is 3.38. The maximum absolute atomic E-state index is 13.2. The summed E-state index contributed by atoms with van der Waals surface area (Å²) >= 11 is 6.01. The monoisotopic (exact) mass is 279 g/mol. The third-order valence-corrected chi connectivity index (χ3v) is 3.16. The standard InChI is InChI=1S/C15H15ClFNO/c1-10-3-6-15(19-2)11(7-10)9-18-14-8-12(17)4-5-13(14)16/h3-8,18H,9H2,1-2H3. The van der Waals surface area contributed by atoms with Crippen LogP contribution in [0.2, 0.25) is 5.02 Å². The van der Waals surface area contributed by atoms with Gasteiger partial charge in [-0.05, 0) is 31.2 Å². The number of ether oxygens (including phenoxy) is 1. The van der Waals surface area contributed by atoms with Crippen LogP contribution in [0.25, 0.3) is 0 Å². The van der Waals surface area contributed by atoms with Gasteiger partial charge in [0.25, 0.3) is 0 Å². The molecule has 100 valence electrons. The minimum atomic E-state index is -0.317. The maximum Gasteiger partial charge on any atom is 0.125 e. The van der Waals surface area contributed by atoms with E-state index in [1.807, 2.05) is 25.1 Å². The molecule has 0 bridgehead atoms. The fourth-order valence-corrected chi connectivity index (χ4v) is 2.05. The molecular weight excluding hydrogens is 265 g/mol.